The number of nitrogens with two attached hydrogens (primary N) is 1. The molecule has 3 N–H and O–H groups in total. The van der Waals surface area contributed by atoms with E-state index in [9.17, 15) is 9.59 Å². The Labute approximate surface area is 110 Å². The summed E-state index contributed by atoms with van der Waals surface area (Å²) in [5.74, 6) is 4.78. The van der Waals surface area contributed by atoms with E-state index in [1.807, 2.05) is 24.3 Å². The standard InChI is InChI=1S/C13H16N4O2/c1-9-13(19)17(8-4-7-12(18)16-14)11-6-3-2-5-10(11)15-9/h2-3,5-6H,4,7-8,14H2,1H3,(H,16,18). The van der Waals surface area contributed by atoms with Crippen LogP contribution in [0.15, 0.2) is 29.1 Å². The third kappa shape index (κ3) is 2.79. The molecule has 0 aliphatic rings. The van der Waals surface area contributed by atoms with Gasteiger partial charge in [-0.05, 0) is 25.5 Å². The first kappa shape index (κ1) is 13.2. The van der Waals surface area contributed by atoms with Crippen molar-refractivity contribution in [3.8, 4) is 0 Å². The molecule has 0 spiro atoms. The zero-order valence-electron chi connectivity index (χ0n) is 10.7. The van der Waals surface area contributed by atoms with Crippen LogP contribution in [0.25, 0.3) is 11.0 Å². The highest BCUT2D eigenvalue weighted by atomic mass is 16.2. The van der Waals surface area contributed by atoms with Gasteiger partial charge in [-0.15, -0.1) is 0 Å². The predicted molar refractivity (Wildman–Crippen MR) is 72.3 cm³/mol. The minimum Gasteiger partial charge on any atom is -0.305 e. The topological polar surface area (TPSA) is 90.0 Å². The maximum absolute atomic E-state index is 12.1. The first-order chi connectivity index (χ1) is 9.13. The number of aromatic nitrogens is 2. The van der Waals surface area contributed by atoms with Gasteiger partial charge in [-0.1, -0.05) is 12.1 Å². The molecule has 0 saturated carbocycles. The van der Waals surface area contributed by atoms with Gasteiger partial charge in [0.05, 0.1) is 11.0 Å². The molecule has 0 aliphatic heterocycles. The molecule has 1 heterocycles. The van der Waals surface area contributed by atoms with Crippen molar-refractivity contribution in [2.75, 3.05) is 0 Å². The summed E-state index contributed by atoms with van der Waals surface area (Å²) in [6.07, 6.45) is 0.842. The number of carbonyl (C=O) groups excluding carboxylic acids is 1. The van der Waals surface area contributed by atoms with Gasteiger partial charge in [0.25, 0.3) is 5.56 Å². The lowest BCUT2D eigenvalue weighted by atomic mass is 10.2. The van der Waals surface area contributed by atoms with E-state index < -0.39 is 0 Å². The lowest BCUT2D eigenvalue weighted by Crippen LogP contribution is -2.30. The average Bonchev–Trinajstić information content (AvgIpc) is 2.42. The number of hydrogen-bond acceptors (Lipinski definition) is 4. The summed E-state index contributed by atoms with van der Waals surface area (Å²) in [6, 6.07) is 7.46. The van der Waals surface area contributed by atoms with Gasteiger partial charge in [-0.25, -0.2) is 10.8 Å². The quantitative estimate of drug-likeness (QED) is 0.475. The van der Waals surface area contributed by atoms with Crippen LogP contribution < -0.4 is 16.8 Å². The maximum Gasteiger partial charge on any atom is 0.272 e. The number of nitrogens with zero attached hydrogens (tertiary/aromatic N) is 2. The number of amides is 1. The molecule has 2 rings (SSSR count). The molecule has 2 aromatic rings. The molecule has 1 amide bonds. The van der Waals surface area contributed by atoms with Gasteiger partial charge in [-0.3, -0.25) is 15.0 Å². The monoisotopic (exact) mass is 260 g/mol. The van der Waals surface area contributed by atoms with E-state index in [4.69, 9.17) is 5.84 Å². The number of para-hydroxylation sites is 2. The summed E-state index contributed by atoms with van der Waals surface area (Å²) in [6.45, 7) is 2.16. The molecule has 0 bridgehead atoms. The number of rotatable bonds is 4. The molecule has 0 radical (unpaired) electrons. The van der Waals surface area contributed by atoms with Gasteiger partial charge >= 0.3 is 0 Å². The smallest absolute Gasteiger partial charge is 0.272 e. The molecule has 0 unspecified atom stereocenters. The zero-order valence-corrected chi connectivity index (χ0v) is 10.7. The number of fused-ring (bicyclic) bond motifs is 1. The third-order valence-electron chi connectivity index (χ3n) is 2.96. The van der Waals surface area contributed by atoms with Crippen molar-refractivity contribution in [2.45, 2.75) is 26.3 Å². The molecule has 100 valence electrons. The van der Waals surface area contributed by atoms with Crippen molar-refractivity contribution < 1.29 is 4.79 Å². The third-order valence-corrected chi connectivity index (χ3v) is 2.96. The van der Waals surface area contributed by atoms with Crippen LogP contribution in [-0.2, 0) is 11.3 Å². The van der Waals surface area contributed by atoms with Gasteiger partial charge < -0.3 is 4.57 Å². The van der Waals surface area contributed by atoms with Gasteiger partial charge in [0.15, 0.2) is 0 Å². The van der Waals surface area contributed by atoms with E-state index in [2.05, 4.69) is 10.4 Å². The van der Waals surface area contributed by atoms with Crippen molar-refractivity contribution >= 4 is 16.9 Å². The largest absolute Gasteiger partial charge is 0.305 e. The maximum atomic E-state index is 12.1. The first-order valence-corrected chi connectivity index (χ1v) is 6.09. The second-order valence-corrected chi connectivity index (χ2v) is 4.31. The first-order valence-electron chi connectivity index (χ1n) is 6.09. The minimum atomic E-state index is -0.233. The highest BCUT2D eigenvalue weighted by Gasteiger charge is 2.08. The summed E-state index contributed by atoms with van der Waals surface area (Å²) in [4.78, 5) is 27.4. The van der Waals surface area contributed by atoms with Crippen molar-refractivity contribution in [1.82, 2.24) is 15.0 Å². The molecule has 0 fully saturated rings. The second-order valence-electron chi connectivity index (χ2n) is 4.31. The summed E-state index contributed by atoms with van der Waals surface area (Å²) in [5.41, 5.74) is 3.98. The molecule has 1 aromatic heterocycles. The van der Waals surface area contributed by atoms with E-state index in [0.29, 0.717) is 25.1 Å². The minimum absolute atomic E-state index is 0.119. The molecular formula is C13H16N4O2. The van der Waals surface area contributed by atoms with Gasteiger partial charge in [0.1, 0.15) is 5.69 Å². The molecule has 6 heteroatoms. The van der Waals surface area contributed by atoms with Crippen LogP contribution in [0.1, 0.15) is 18.5 Å². The number of nitrogens with one attached hydrogen (secondary N) is 1. The summed E-state index contributed by atoms with van der Waals surface area (Å²) in [5, 5.41) is 0. The van der Waals surface area contributed by atoms with E-state index >= 15 is 0 Å². The van der Waals surface area contributed by atoms with Crippen molar-refractivity contribution in [1.29, 1.82) is 0 Å². The van der Waals surface area contributed by atoms with Gasteiger partial charge in [0, 0.05) is 13.0 Å². The Morgan fingerprint density at radius 3 is 2.89 bits per heavy atom. The van der Waals surface area contributed by atoms with Crippen LogP contribution in [0.5, 0.6) is 0 Å². The number of aryl methyl sites for hydroxylation is 2. The average molecular weight is 260 g/mol. The van der Waals surface area contributed by atoms with Crippen LogP contribution in [0.2, 0.25) is 0 Å². The Morgan fingerprint density at radius 2 is 2.16 bits per heavy atom. The van der Waals surface area contributed by atoms with E-state index in [-0.39, 0.29) is 11.5 Å². The van der Waals surface area contributed by atoms with Crippen LogP contribution in [0.3, 0.4) is 0 Å². The normalized spacial score (nSPS) is 10.6. The molecular weight excluding hydrogens is 244 g/mol. The Hall–Kier alpha value is -2.21. The SMILES string of the molecule is Cc1nc2ccccc2n(CCCC(=O)NN)c1=O. The molecule has 0 saturated heterocycles. The second kappa shape index (κ2) is 5.62. The van der Waals surface area contributed by atoms with Crippen molar-refractivity contribution in [3.05, 3.63) is 40.3 Å². The van der Waals surface area contributed by atoms with E-state index in [0.717, 1.165) is 11.0 Å². The number of carbonyl (C=O) groups is 1. The lowest BCUT2D eigenvalue weighted by Gasteiger charge is -2.10. The molecule has 6 nitrogen and oxygen atoms in total. The molecule has 0 atom stereocenters. The van der Waals surface area contributed by atoms with Crippen LogP contribution in [-0.4, -0.2) is 15.5 Å². The fourth-order valence-electron chi connectivity index (χ4n) is 2.01. The highest BCUT2D eigenvalue weighted by Crippen LogP contribution is 2.10. The Kier molecular flexibility index (Phi) is 3.91. The Bertz CT molecular complexity index is 663. The van der Waals surface area contributed by atoms with E-state index in [1.54, 1.807) is 11.5 Å². The molecule has 1 aromatic carbocycles. The van der Waals surface area contributed by atoms with Crippen LogP contribution >= 0.6 is 0 Å². The zero-order chi connectivity index (χ0) is 13.8. The fourth-order valence-corrected chi connectivity index (χ4v) is 2.01. The van der Waals surface area contributed by atoms with Crippen molar-refractivity contribution in [3.63, 3.8) is 0 Å². The van der Waals surface area contributed by atoms with Gasteiger partial charge in [0.2, 0.25) is 5.91 Å². The number of benzene rings is 1. The highest BCUT2D eigenvalue weighted by molar-refractivity contribution is 5.75. The summed E-state index contributed by atoms with van der Waals surface area (Å²) < 4.78 is 1.65. The predicted octanol–water partition coefficient (Wildman–Crippen LogP) is 0.475. The van der Waals surface area contributed by atoms with Crippen LogP contribution in [0, 0.1) is 6.92 Å². The Morgan fingerprint density at radius 1 is 1.42 bits per heavy atom. The van der Waals surface area contributed by atoms with Gasteiger partial charge in [-0.2, -0.15) is 0 Å². The van der Waals surface area contributed by atoms with Crippen LogP contribution in [0.4, 0.5) is 0 Å². The lowest BCUT2D eigenvalue weighted by molar-refractivity contribution is -0.121. The Balaban J connectivity index is 2.33. The fraction of sp³-hybridized carbons (Fsp3) is 0.308. The summed E-state index contributed by atoms with van der Waals surface area (Å²) in [7, 11) is 0. The van der Waals surface area contributed by atoms with E-state index in [1.165, 1.54) is 0 Å². The molecule has 19 heavy (non-hydrogen) atoms. The molecule has 0 aliphatic carbocycles. The summed E-state index contributed by atoms with van der Waals surface area (Å²) >= 11 is 0. The number of hydrogen-bond donors (Lipinski definition) is 2. The van der Waals surface area contributed by atoms with Crippen molar-refractivity contribution in [2.24, 2.45) is 5.84 Å². The number of hydrazine groups is 1.